The molecule has 6 aromatic rings. The van der Waals surface area contributed by atoms with Crippen molar-refractivity contribution in [1.29, 1.82) is 10.8 Å². The van der Waals surface area contributed by atoms with Crippen molar-refractivity contribution in [2.75, 3.05) is 122 Å². The molecule has 6 saturated heterocycles. The number of anilines is 6. The minimum atomic E-state index is -0.480. The third-order valence-corrected chi connectivity index (χ3v) is 33.4. The summed E-state index contributed by atoms with van der Waals surface area (Å²) in [4.78, 5) is 91.3. The van der Waals surface area contributed by atoms with Gasteiger partial charge in [0.15, 0.2) is 6.29 Å². The number of β-amino-alcohol motifs (C(OH)–C–C–N with tert-alkyl or cyclic N) is 6. The third kappa shape index (κ3) is 36.3. The maximum absolute atomic E-state index is 12.3. The number of methoxy groups -OCH3 is 1. The van der Waals surface area contributed by atoms with E-state index in [1.54, 1.807) is 63.9 Å². The van der Waals surface area contributed by atoms with E-state index < -0.39 is 30.5 Å². The highest BCUT2D eigenvalue weighted by Crippen LogP contribution is 2.37. The molecule has 6 saturated carbocycles. The quantitative estimate of drug-likeness (QED) is 0.0144. The Morgan fingerprint density at radius 2 is 0.615 bits per heavy atom. The second kappa shape index (κ2) is 61.9. The molecule has 0 spiro atoms. The number of aromatic nitrogens is 6. The molecular formula is C110H163Br5N20O13. The maximum atomic E-state index is 12.3. The fraction of sp³-hybridized carbons (Fsp3) is 0.673. The monoisotopic (exact) mass is 2370 g/mol. The summed E-state index contributed by atoms with van der Waals surface area (Å²) in [6.07, 6.45) is 53.6. The lowest BCUT2D eigenvalue weighted by molar-refractivity contribution is -0.191. The Morgan fingerprint density at radius 1 is 0.365 bits per heavy atom. The smallest absolute Gasteiger partial charge is 0.373 e. The highest BCUT2D eigenvalue weighted by atomic mass is 79.9. The molecule has 0 radical (unpaired) electrons. The molecule has 12 heterocycles. The number of ether oxygens (including phenoxy) is 2. The van der Waals surface area contributed by atoms with Crippen molar-refractivity contribution in [3.05, 3.63) is 135 Å². The Hall–Kier alpha value is -7.05. The van der Waals surface area contributed by atoms with Crippen LogP contribution in [0.25, 0.3) is 0 Å². The lowest BCUT2D eigenvalue weighted by Gasteiger charge is -2.40. The van der Waals surface area contributed by atoms with Gasteiger partial charge in [-0.25, -0.2) is 39.5 Å². The van der Waals surface area contributed by atoms with Crippen molar-refractivity contribution in [2.45, 2.75) is 381 Å². The van der Waals surface area contributed by atoms with Gasteiger partial charge in [0, 0.05) is 229 Å². The number of piperidine rings is 6. The molecule has 0 amide bonds. The normalized spacial score (nSPS) is 25.1. The summed E-state index contributed by atoms with van der Waals surface area (Å²) in [7, 11) is 1.39. The fourth-order valence-corrected chi connectivity index (χ4v) is 25.1. The summed E-state index contributed by atoms with van der Waals surface area (Å²) in [5.41, 5.74) is 6.28. The lowest BCUT2D eigenvalue weighted by Crippen LogP contribution is -2.55. The molecule has 38 heteroatoms. The number of rotatable bonds is 25. The van der Waals surface area contributed by atoms with Gasteiger partial charge >= 0.3 is 18.1 Å². The van der Waals surface area contributed by atoms with E-state index in [-0.39, 0.29) is 60.4 Å². The van der Waals surface area contributed by atoms with Crippen LogP contribution in [-0.2, 0) is 25.5 Å². The van der Waals surface area contributed by atoms with Crippen molar-refractivity contribution < 1.29 is 64.1 Å². The zero-order valence-electron chi connectivity index (χ0n) is 87.6. The van der Waals surface area contributed by atoms with Gasteiger partial charge in [0.25, 0.3) is 0 Å². The minimum absolute atomic E-state index is 0.107. The van der Waals surface area contributed by atoms with E-state index in [1.807, 2.05) is 52.9 Å². The number of esters is 2. The average Bonchev–Trinajstić information content (AvgIpc) is 0.812. The molecular weight excluding hydrogens is 2210 g/mol. The summed E-state index contributed by atoms with van der Waals surface area (Å²) >= 11 is 17.2. The van der Waals surface area contributed by atoms with Crippen LogP contribution in [0.15, 0.2) is 95.9 Å². The fourth-order valence-electron chi connectivity index (χ4n) is 23.1. The van der Waals surface area contributed by atoms with Gasteiger partial charge in [0.2, 0.25) is 0 Å². The van der Waals surface area contributed by atoms with Crippen molar-refractivity contribution >= 4 is 150 Å². The standard InChI is InChI=1S/C20H31N3O3.C19H28BrN3O3.2C18H27BrN4O.C17H24BrN3O2.C17H26BrN3O.CO2/c1-3-14-11-16(20(25)26-2)19(21-12-14)23-10-9-17(18(24)13-23)22-15-7-5-4-6-8-15;1-2-26-19(25)15-10-13(20)11-21-18(15)23-9-8-16(17(24)12-23)22-14-6-4-3-5-7-14;2*1-12(20)15-9-13(19)10-21-18(15)23-8-7-16(17(24)11-23)22-14-5-3-2-4-6-14;18-13-8-12(11-22)17(19-9-13)21-7-6-15(16(23)10-21)20-14-4-2-1-3-5-14;1-12-9-14(18)17(19-10-12)21-8-7-15(16(22)11-21)20-13-5-3-2-4-6-13;2-1-3/h11-12,15,17-18,22,24H,3-10,13H2,1-2H3;10-11,14,16-17,22,24H,2-9,12H2,1H3;2*9-10,14,16-17,20,22,24H,2-8,11H2,1H3;8-9,11,14-16,20,23H,1-7,10H2;9-10,13,15-16,20,22H,2-8,11H2,1H3;/t;3*16-,17-;2*15-,16-;/m.11111./s1. The number of halogens is 5. The van der Waals surface area contributed by atoms with Crippen LogP contribution in [0.3, 0.4) is 0 Å². The van der Waals surface area contributed by atoms with Crippen LogP contribution in [0.5, 0.6) is 0 Å². The molecule has 14 N–H and O–H groups in total. The Kier molecular flexibility index (Phi) is 50.0. The molecule has 6 aliphatic heterocycles. The molecule has 12 fully saturated rings. The molecule has 12 atom stereocenters. The van der Waals surface area contributed by atoms with Crippen LogP contribution in [0, 0.1) is 17.7 Å². The van der Waals surface area contributed by atoms with Crippen LogP contribution in [0.2, 0.25) is 0 Å². The Morgan fingerprint density at radius 3 is 0.878 bits per heavy atom. The third-order valence-electron chi connectivity index (χ3n) is 31.1. The zero-order valence-corrected chi connectivity index (χ0v) is 95.5. The van der Waals surface area contributed by atoms with E-state index in [1.165, 1.54) is 200 Å². The van der Waals surface area contributed by atoms with E-state index in [0.29, 0.717) is 128 Å². The SMILES string of the molecule is CC(=N)c1cc(Br)cnc1N1CC[C@@H](NC2CCCCC2)[C@H](O)C1.CC(=N)c1cc(Br)cnc1N1CC[C@@H](NC2CCCCC2)[C@H](O)C1.CCOC(=O)c1cc(Br)cnc1N1CC[C@@H](NC2CCCCC2)[C@H](O)C1.CCc1cnc(N2CCC(NC3CCCCC3)C(O)C2)c(C(=O)OC)c1.Cc1cnc(N2CC[C@@H](NC3CCCCC3)[C@H](O)C2)c(Br)c1.O=C=O.O=Cc1cc(Br)cnc1N1CC[C@@H](NC2CCCCC2)[C@H](O)C1. The summed E-state index contributed by atoms with van der Waals surface area (Å²) < 4.78 is 14.4. The van der Waals surface area contributed by atoms with Gasteiger partial charge in [0.1, 0.15) is 46.0 Å². The molecule has 18 rings (SSSR count). The molecule has 816 valence electrons. The van der Waals surface area contributed by atoms with Gasteiger partial charge in [-0.15, -0.1) is 0 Å². The van der Waals surface area contributed by atoms with Gasteiger partial charge in [-0.3, -0.25) is 4.79 Å². The number of aldehydes is 1. The number of hydrogen-bond donors (Lipinski definition) is 14. The van der Waals surface area contributed by atoms with Crippen LogP contribution in [0.4, 0.5) is 34.9 Å². The van der Waals surface area contributed by atoms with E-state index in [9.17, 15) is 45.0 Å². The number of pyridine rings is 6. The highest BCUT2D eigenvalue weighted by molar-refractivity contribution is 9.11. The molecule has 12 aliphatic rings. The summed E-state index contributed by atoms with van der Waals surface area (Å²) in [5.74, 6) is 3.67. The van der Waals surface area contributed by atoms with Crippen molar-refractivity contribution in [1.82, 2.24) is 61.8 Å². The van der Waals surface area contributed by atoms with Crippen LogP contribution >= 0.6 is 79.6 Å². The maximum Gasteiger partial charge on any atom is 0.373 e. The first-order valence-electron chi connectivity index (χ1n) is 54.7. The van der Waals surface area contributed by atoms with E-state index in [2.05, 4.69) is 162 Å². The van der Waals surface area contributed by atoms with Crippen LogP contribution in [0.1, 0.15) is 312 Å². The lowest BCUT2D eigenvalue weighted by atomic mass is 9.92. The van der Waals surface area contributed by atoms with Crippen LogP contribution in [-0.4, -0.2) is 298 Å². The number of nitrogens with one attached hydrogen (secondary N) is 8. The topological polar surface area (TPSA) is 442 Å². The molecule has 0 aromatic carbocycles. The van der Waals surface area contributed by atoms with Gasteiger partial charge in [-0.1, -0.05) is 122 Å². The average molecular weight is 2370 g/mol. The second-order valence-electron chi connectivity index (χ2n) is 42.2. The van der Waals surface area contributed by atoms with Crippen molar-refractivity contribution in [2.24, 2.45) is 0 Å². The molecule has 6 aliphatic carbocycles. The van der Waals surface area contributed by atoms with E-state index in [0.717, 1.165) is 153 Å². The molecule has 148 heavy (non-hydrogen) atoms. The first-order valence-corrected chi connectivity index (χ1v) is 58.7. The number of aryl methyl sites for hydroxylation is 2. The zero-order chi connectivity index (χ0) is 106. The Labute approximate surface area is 918 Å². The van der Waals surface area contributed by atoms with E-state index in [4.69, 9.17) is 29.9 Å². The summed E-state index contributed by atoms with van der Waals surface area (Å²) in [5, 5.41) is 102. The molecule has 0 bridgehead atoms. The number of carbonyl (C=O) groups is 3. The number of carbonyl (C=O) groups excluding carboxylic acids is 5. The molecule has 33 nitrogen and oxygen atoms in total. The van der Waals surface area contributed by atoms with E-state index >= 15 is 0 Å². The molecule has 2 unspecified atom stereocenters. The van der Waals surface area contributed by atoms with Crippen molar-refractivity contribution in [3.63, 3.8) is 0 Å². The summed E-state index contributed by atoms with van der Waals surface area (Å²) in [6, 6.07) is 15.6. The van der Waals surface area contributed by atoms with Gasteiger partial charge in [0.05, 0.1) is 60.4 Å². The largest absolute Gasteiger partial charge is 0.465 e. The van der Waals surface area contributed by atoms with Gasteiger partial charge < -0.3 is 112 Å². The predicted molar refractivity (Wildman–Crippen MR) is 601 cm³/mol. The Balaban J connectivity index is 0.000000157. The predicted octanol–water partition coefficient (Wildman–Crippen LogP) is 16.3. The number of aliphatic hydroxyl groups excluding tert-OH is 6. The minimum Gasteiger partial charge on any atom is -0.465 e. The number of hydrogen-bond acceptors (Lipinski definition) is 33. The Bertz CT molecular complexity index is 5060. The first-order chi connectivity index (χ1) is 71.5. The van der Waals surface area contributed by atoms with Crippen LogP contribution < -0.4 is 61.3 Å². The number of nitrogens with zero attached hydrogens (tertiary/aromatic N) is 12. The van der Waals surface area contributed by atoms with Gasteiger partial charge in [-0.2, -0.15) is 9.59 Å². The first kappa shape index (κ1) is 120. The number of aliphatic hydroxyl groups is 6. The second-order valence-corrected chi connectivity index (χ2v) is 46.7. The highest BCUT2D eigenvalue weighted by Gasteiger charge is 2.40. The molecule has 6 aromatic heterocycles. The van der Waals surface area contributed by atoms with Gasteiger partial charge in [-0.05, 0) is 277 Å². The van der Waals surface area contributed by atoms with Crippen molar-refractivity contribution in [3.8, 4) is 0 Å². The summed E-state index contributed by atoms with van der Waals surface area (Å²) in [6.45, 7) is 18.0.